The van der Waals surface area contributed by atoms with Crippen molar-refractivity contribution in [2.45, 2.75) is 6.61 Å². The molecule has 0 amide bonds. The predicted molar refractivity (Wildman–Crippen MR) is 65.4 cm³/mol. The number of ether oxygens (including phenoxy) is 1. The molecule has 0 heterocycles. The maximum atomic E-state index is 5.67. The van der Waals surface area contributed by atoms with Gasteiger partial charge in [-0.05, 0) is 17.7 Å². The van der Waals surface area contributed by atoms with E-state index < -0.39 is 0 Å². The molecule has 0 N–H and O–H groups in total. The molecule has 0 aliphatic heterocycles. The maximum Gasteiger partial charge on any atom is 0.139 e. The molecule has 0 aliphatic carbocycles. The molecule has 0 aromatic heterocycles. The molecular formula is C13H13BO. The highest BCUT2D eigenvalue weighted by Gasteiger charge is 1.94. The van der Waals surface area contributed by atoms with Crippen LogP contribution >= 0.6 is 0 Å². The van der Waals surface area contributed by atoms with Crippen LogP contribution in [0, 0.1) is 0 Å². The highest BCUT2D eigenvalue weighted by molar-refractivity contribution is 6.32. The molecule has 2 heteroatoms. The van der Waals surface area contributed by atoms with Gasteiger partial charge in [0, 0.05) is 0 Å². The van der Waals surface area contributed by atoms with E-state index in [0.29, 0.717) is 6.61 Å². The lowest BCUT2D eigenvalue weighted by Gasteiger charge is -2.06. The van der Waals surface area contributed by atoms with Crippen molar-refractivity contribution in [3.05, 3.63) is 60.2 Å². The van der Waals surface area contributed by atoms with Crippen molar-refractivity contribution in [3.8, 4) is 5.75 Å². The fourth-order valence-electron chi connectivity index (χ4n) is 1.45. The molecule has 2 rings (SSSR count). The first-order valence-electron chi connectivity index (χ1n) is 5.08. The van der Waals surface area contributed by atoms with Crippen LogP contribution in [0.5, 0.6) is 5.75 Å². The van der Waals surface area contributed by atoms with Gasteiger partial charge in [-0.3, -0.25) is 0 Å². The van der Waals surface area contributed by atoms with E-state index >= 15 is 0 Å². The second-order valence-electron chi connectivity index (χ2n) is 3.59. The number of benzene rings is 2. The first kappa shape index (κ1) is 9.84. The molecule has 0 aliphatic rings. The van der Waals surface area contributed by atoms with E-state index in [4.69, 9.17) is 4.74 Å². The molecular weight excluding hydrogens is 183 g/mol. The number of hydrogen-bond donors (Lipinski definition) is 0. The van der Waals surface area contributed by atoms with Gasteiger partial charge in [0.25, 0.3) is 0 Å². The largest absolute Gasteiger partial charge is 0.489 e. The van der Waals surface area contributed by atoms with E-state index in [1.807, 2.05) is 36.4 Å². The highest BCUT2D eigenvalue weighted by atomic mass is 16.5. The molecule has 0 fully saturated rings. The van der Waals surface area contributed by atoms with Gasteiger partial charge < -0.3 is 4.74 Å². The van der Waals surface area contributed by atoms with Crippen molar-refractivity contribution in [2.75, 3.05) is 0 Å². The van der Waals surface area contributed by atoms with Crippen LogP contribution in [0.15, 0.2) is 54.6 Å². The van der Waals surface area contributed by atoms with Crippen LogP contribution in [0.4, 0.5) is 0 Å². The van der Waals surface area contributed by atoms with Crippen molar-refractivity contribution in [1.82, 2.24) is 0 Å². The Morgan fingerprint density at radius 3 is 2.47 bits per heavy atom. The van der Waals surface area contributed by atoms with E-state index in [9.17, 15) is 0 Å². The molecule has 0 unspecified atom stereocenters. The predicted octanol–water partition coefficient (Wildman–Crippen LogP) is 1.52. The zero-order valence-corrected chi connectivity index (χ0v) is 8.81. The van der Waals surface area contributed by atoms with E-state index in [0.717, 1.165) is 5.75 Å². The Bertz CT molecular complexity index is 426. The Balaban J connectivity index is 1.99. The third-order valence-corrected chi connectivity index (χ3v) is 2.24. The van der Waals surface area contributed by atoms with Crippen molar-refractivity contribution in [2.24, 2.45) is 0 Å². The summed E-state index contributed by atoms with van der Waals surface area (Å²) in [6.07, 6.45) is 0. The molecule has 1 nitrogen and oxygen atoms in total. The third kappa shape index (κ3) is 2.88. The average Bonchev–Trinajstić information content (AvgIpc) is 2.28. The fourth-order valence-corrected chi connectivity index (χ4v) is 1.45. The lowest BCUT2D eigenvalue weighted by Crippen LogP contribution is -2.02. The normalized spacial score (nSPS) is 9.87. The molecule has 74 valence electrons. The van der Waals surface area contributed by atoms with E-state index in [2.05, 4.69) is 26.0 Å². The molecule has 0 radical (unpaired) electrons. The second-order valence-corrected chi connectivity index (χ2v) is 3.59. The van der Waals surface area contributed by atoms with Crippen LogP contribution in [0.25, 0.3) is 0 Å². The lowest BCUT2D eigenvalue weighted by atomic mass is 9.96. The zero-order valence-electron chi connectivity index (χ0n) is 8.81. The van der Waals surface area contributed by atoms with Crippen LogP contribution in [0.3, 0.4) is 0 Å². The number of rotatable bonds is 3. The summed E-state index contributed by atoms with van der Waals surface area (Å²) in [6, 6.07) is 18.3. The number of hydrogen-bond acceptors (Lipinski definition) is 1. The van der Waals surface area contributed by atoms with E-state index in [-0.39, 0.29) is 0 Å². The third-order valence-electron chi connectivity index (χ3n) is 2.24. The molecule has 2 aromatic carbocycles. The summed E-state index contributed by atoms with van der Waals surface area (Å²) in [5.41, 5.74) is 2.42. The van der Waals surface area contributed by atoms with Gasteiger partial charge in [0.05, 0.1) is 0 Å². The molecule has 2 aromatic rings. The first-order valence-corrected chi connectivity index (χ1v) is 5.08. The fraction of sp³-hybridized carbons (Fsp3) is 0.0769. The second kappa shape index (κ2) is 4.69. The summed E-state index contributed by atoms with van der Waals surface area (Å²) in [6.45, 7) is 0.629. The molecule has 15 heavy (non-hydrogen) atoms. The van der Waals surface area contributed by atoms with Gasteiger partial charge in [-0.25, -0.2) is 0 Å². The van der Waals surface area contributed by atoms with Crippen LogP contribution in [0.1, 0.15) is 5.56 Å². The van der Waals surface area contributed by atoms with Gasteiger partial charge in [0.1, 0.15) is 20.2 Å². The van der Waals surface area contributed by atoms with Crippen molar-refractivity contribution in [1.29, 1.82) is 0 Å². The van der Waals surface area contributed by atoms with Gasteiger partial charge in [0.15, 0.2) is 0 Å². The highest BCUT2D eigenvalue weighted by Crippen LogP contribution is 2.09. The van der Waals surface area contributed by atoms with Gasteiger partial charge in [0.2, 0.25) is 0 Å². The smallest absolute Gasteiger partial charge is 0.139 e. The molecule has 0 saturated carbocycles. The van der Waals surface area contributed by atoms with Crippen LogP contribution in [-0.4, -0.2) is 7.85 Å². The van der Waals surface area contributed by atoms with Gasteiger partial charge >= 0.3 is 0 Å². The molecule has 0 saturated heterocycles. The van der Waals surface area contributed by atoms with Crippen LogP contribution in [-0.2, 0) is 6.61 Å². The van der Waals surface area contributed by atoms with E-state index in [1.165, 1.54) is 11.0 Å². The molecule has 0 bridgehead atoms. The zero-order chi connectivity index (χ0) is 10.5. The summed E-state index contributed by atoms with van der Waals surface area (Å²) < 4.78 is 5.67. The average molecular weight is 196 g/mol. The monoisotopic (exact) mass is 196 g/mol. The maximum absolute atomic E-state index is 5.67. The van der Waals surface area contributed by atoms with Gasteiger partial charge in [-0.1, -0.05) is 47.9 Å². The quantitative estimate of drug-likeness (QED) is 0.676. The Morgan fingerprint density at radius 1 is 0.933 bits per heavy atom. The molecule has 0 spiro atoms. The van der Waals surface area contributed by atoms with Crippen molar-refractivity contribution < 1.29 is 4.74 Å². The summed E-state index contributed by atoms with van der Waals surface area (Å²) >= 11 is 0. The Hall–Kier alpha value is -1.70. The summed E-state index contributed by atoms with van der Waals surface area (Å²) in [5.74, 6) is 0.929. The summed E-state index contributed by atoms with van der Waals surface area (Å²) in [5, 5.41) is 0. The van der Waals surface area contributed by atoms with Crippen LogP contribution < -0.4 is 10.2 Å². The molecule has 0 atom stereocenters. The van der Waals surface area contributed by atoms with Crippen molar-refractivity contribution in [3.63, 3.8) is 0 Å². The minimum absolute atomic E-state index is 0.629. The lowest BCUT2D eigenvalue weighted by molar-refractivity contribution is 0.306. The van der Waals surface area contributed by atoms with Gasteiger partial charge in [-0.2, -0.15) is 0 Å². The first-order chi connectivity index (χ1) is 7.34. The summed E-state index contributed by atoms with van der Waals surface area (Å²) in [4.78, 5) is 0. The topological polar surface area (TPSA) is 9.23 Å². The Morgan fingerprint density at radius 2 is 1.73 bits per heavy atom. The van der Waals surface area contributed by atoms with Gasteiger partial charge in [-0.15, -0.1) is 0 Å². The minimum Gasteiger partial charge on any atom is -0.489 e. The minimum atomic E-state index is 0.629. The van der Waals surface area contributed by atoms with Crippen molar-refractivity contribution >= 4 is 13.3 Å². The van der Waals surface area contributed by atoms with E-state index in [1.54, 1.807) is 0 Å². The summed E-state index contributed by atoms with van der Waals surface area (Å²) in [7, 11) is 2.06. The Kier molecular flexibility index (Phi) is 3.08. The standard InChI is InChI=1S/C13H13BO/c14-12-7-4-8-13(9-12)15-10-11-5-2-1-3-6-11/h1-9H,10,14H2. The Labute approximate surface area is 91.1 Å². The van der Waals surface area contributed by atoms with Crippen LogP contribution in [0.2, 0.25) is 0 Å². The SMILES string of the molecule is Bc1cccc(OCc2ccccc2)c1.